The third kappa shape index (κ3) is 2.79. The quantitative estimate of drug-likeness (QED) is 0.815. The Morgan fingerprint density at radius 3 is 2.72 bits per heavy atom. The molecule has 0 saturated heterocycles. The van der Waals surface area contributed by atoms with Crippen LogP contribution in [0.25, 0.3) is 10.2 Å². The molecule has 5 heteroatoms. The van der Waals surface area contributed by atoms with Crippen molar-refractivity contribution in [3.63, 3.8) is 0 Å². The fourth-order valence-corrected chi connectivity index (χ4v) is 2.86. The molecule has 98 valence electrons. The molecular weight excluding hydrogens is 244 g/mol. The predicted octanol–water partition coefficient (Wildman–Crippen LogP) is 2.72. The molecule has 0 aliphatic carbocycles. The van der Waals surface area contributed by atoms with Crippen LogP contribution in [0.15, 0.2) is 6.33 Å². The number of thiophene rings is 1. The molecule has 0 aliphatic rings. The Kier molecular flexibility index (Phi) is 4.14. The van der Waals surface area contributed by atoms with Crippen molar-refractivity contribution < 1.29 is 0 Å². The molecule has 0 amide bonds. The lowest BCUT2D eigenvalue weighted by Gasteiger charge is -2.10. The summed E-state index contributed by atoms with van der Waals surface area (Å²) >= 11 is 1.73. The summed E-state index contributed by atoms with van der Waals surface area (Å²) in [6.45, 7) is 10.4. The standard InChI is InChI=1S/C13H20N4S/c1-8(2)14-5-6-15-12-11-9(3)10(4)18-13(11)17-7-16-12/h7-8,14H,5-6H2,1-4H3,(H,15,16,17). The summed E-state index contributed by atoms with van der Waals surface area (Å²) in [5.41, 5.74) is 1.29. The third-order valence-corrected chi connectivity index (χ3v) is 4.05. The summed E-state index contributed by atoms with van der Waals surface area (Å²) in [6, 6.07) is 0.516. The number of aryl methyl sites for hydroxylation is 2. The second-order valence-electron chi connectivity index (χ2n) is 4.72. The number of hydrogen-bond donors (Lipinski definition) is 2. The largest absolute Gasteiger partial charge is 0.368 e. The smallest absolute Gasteiger partial charge is 0.138 e. The molecule has 4 nitrogen and oxygen atoms in total. The molecule has 0 saturated carbocycles. The topological polar surface area (TPSA) is 49.8 Å². The molecule has 0 unspecified atom stereocenters. The first-order valence-electron chi connectivity index (χ1n) is 6.27. The summed E-state index contributed by atoms with van der Waals surface area (Å²) in [4.78, 5) is 11.1. The van der Waals surface area contributed by atoms with E-state index in [0.29, 0.717) is 6.04 Å². The van der Waals surface area contributed by atoms with Crippen LogP contribution in [0.1, 0.15) is 24.3 Å². The Bertz CT molecular complexity index is 533. The van der Waals surface area contributed by atoms with Gasteiger partial charge in [-0.05, 0) is 19.4 Å². The van der Waals surface area contributed by atoms with E-state index in [1.807, 2.05) is 0 Å². The van der Waals surface area contributed by atoms with Gasteiger partial charge in [-0.15, -0.1) is 11.3 Å². The van der Waals surface area contributed by atoms with Gasteiger partial charge in [-0.25, -0.2) is 9.97 Å². The Balaban J connectivity index is 2.13. The monoisotopic (exact) mass is 264 g/mol. The molecule has 0 atom stereocenters. The van der Waals surface area contributed by atoms with Crippen LogP contribution in [0, 0.1) is 13.8 Å². The van der Waals surface area contributed by atoms with Crippen LogP contribution >= 0.6 is 11.3 Å². The van der Waals surface area contributed by atoms with Gasteiger partial charge in [-0.2, -0.15) is 0 Å². The van der Waals surface area contributed by atoms with E-state index in [4.69, 9.17) is 0 Å². The first kappa shape index (κ1) is 13.2. The summed E-state index contributed by atoms with van der Waals surface area (Å²) in [7, 11) is 0. The van der Waals surface area contributed by atoms with Crippen molar-refractivity contribution in [1.29, 1.82) is 0 Å². The maximum Gasteiger partial charge on any atom is 0.138 e. The van der Waals surface area contributed by atoms with E-state index in [1.165, 1.54) is 15.8 Å². The highest BCUT2D eigenvalue weighted by Gasteiger charge is 2.11. The van der Waals surface area contributed by atoms with Gasteiger partial charge in [0.05, 0.1) is 5.39 Å². The van der Waals surface area contributed by atoms with E-state index in [0.717, 1.165) is 23.7 Å². The number of anilines is 1. The molecule has 0 radical (unpaired) electrons. The number of rotatable bonds is 5. The minimum absolute atomic E-state index is 0.516. The lowest BCUT2D eigenvalue weighted by Crippen LogP contribution is -2.28. The first-order valence-corrected chi connectivity index (χ1v) is 7.09. The summed E-state index contributed by atoms with van der Waals surface area (Å²) in [6.07, 6.45) is 1.63. The molecule has 0 aliphatic heterocycles. The Labute approximate surface area is 112 Å². The van der Waals surface area contributed by atoms with Crippen molar-refractivity contribution in [2.75, 3.05) is 18.4 Å². The number of aromatic nitrogens is 2. The van der Waals surface area contributed by atoms with E-state index in [2.05, 4.69) is 48.3 Å². The molecule has 18 heavy (non-hydrogen) atoms. The molecule has 2 N–H and O–H groups in total. The highest BCUT2D eigenvalue weighted by Crippen LogP contribution is 2.32. The van der Waals surface area contributed by atoms with Crippen molar-refractivity contribution in [2.45, 2.75) is 33.7 Å². The molecule has 0 aromatic carbocycles. The van der Waals surface area contributed by atoms with Crippen molar-refractivity contribution in [2.24, 2.45) is 0 Å². The van der Waals surface area contributed by atoms with Crippen LogP contribution in [0.3, 0.4) is 0 Å². The van der Waals surface area contributed by atoms with E-state index in [1.54, 1.807) is 17.7 Å². The fraction of sp³-hybridized carbons (Fsp3) is 0.538. The van der Waals surface area contributed by atoms with E-state index in [-0.39, 0.29) is 0 Å². The third-order valence-electron chi connectivity index (χ3n) is 2.94. The highest BCUT2D eigenvalue weighted by atomic mass is 32.1. The zero-order valence-corrected chi connectivity index (χ0v) is 12.2. The predicted molar refractivity (Wildman–Crippen MR) is 78.5 cm³/mol. The van der Waals surface area contributed by atoms with Crippen LogP contribution in [0.5, 0.6) is 0 Å². The Morgan fingerprint density at radius 2 is 2.00 bits per heavy atom. The average molecular weight is 264 g/mol. The fourth-order valence-electron chi connectivity index (χ4n) is 1.86. The van der Waals surface area contributed by atoms with E-state index in [9.17, 15) is 0 Å². The van der Waals surface area contributed by atoms with Crippen molar-refractivity contribution >= 4 is 27.4 Å². The number of nitrogens with zero attached hydrogens (tertiary/aromatic N) is 2. The highest BCUT2D eigenvalue weighted by molar-refractivity contribution is 7.18. The average Bonchev–Trinajstić information content (AvgIpc) is 2.61. The molecule has 2 aromatic rings. The molecule has 2 rings (SSSR count). The second-order valence-corrected chi connectivity index (χ2v) is 5.92. The van der Waals surface area contributed by atoms with Gasteiger partial charge in [0.1, 0.15) is 17.0 Å². The van der Waals surface area contributed by atoms with Gasteiger partial charge in [0.15, 0.2) is 0 Å². The van der Waals surface area contributed by atoms with Gasteiger partial charge in [0, 0.05) is 24.0 Å². The van der Waals surface area contributed by atoms with Gasteiger partial charge in [0.2, 0.25) is 0 Å². The van der Waals surface area contributed by atoms with Crippen molar-refractivity contribution in [3.8, 4) is 0 Å². The first-order chi connectivity index (χ1) is 8.59. The van der Waals surface area contributed by atoms with Crippen molar-refractivity contribution in [1.82, 2.24) is 15.3 Å². The van der Waals surface area contributed by atoms with E-state index >= 15 is 0 Å². The van der Waals surface area contributed by atoms with Crippen LogP contribution in [0.2, 0.25) is 0 Å². The van der Waals surface area contributed by atoms with Crippen LogP contribution in [0.4, 0.5) is 5.82 Å². The maximum atomic E-state index is 4.35. The minimum Gasteiger partial charge on any atom is -0.368 e. The van der Waals surface area contributed by atoms with Crippen LogP contribution in [-0.2, 0) is 0 Å². The van der Waals surface area contributed by atoms with Gasteiger partial charge < -0.3 is 10.6 Å². The van der Waals surface area contributed by atoms with Crippen LogP contribution < -0.4 is 10.6 Å². The lowest BCUT2D eigenvalue weighted by atomic mass is 10.2. The summed E-state index contributed by atoms with van der Waals surface area (Å²) in [5.74, 6) is 0.951. The number of nitrogens with one attached hydrogen (secondary N) is 2. The van der Waals surface area contributed by atoms with Gasteiger partial charge >= 0.3 is 0 Å². The molecule has 2 aromatic heterocycles. The van der Waals surface area contributed by atoms with Gasteiger partial charge in [-0.1, -0.05) is 13.8 Å². The minimum atomic E-state index is 0.516. The van der Waals surface area contributed by atoms with E-state index < -0.39 is 0 Å². The molecule has 0 spiro atoms. The van der Waals surface area contributed by atoms with Crippen LogP contribution in [-0.4, -0.2) is 29.1 Å². The SMILES string of the molecule is Cc1sc2ncnc(NCCNC(C)C)c2c1C. The molecule has 0 bridgehead atoms. The van der Waals surface area contributed by atoms with Crippen molar-refractivity contribution in [3.05, 3.63) is 16.8 Å². The van der Waals surface area contributed by atoms with Gasteiger partial charge in [0.25, 0.3) is 0 Å². The zero-order chi connectivity index (χ0) is 13.1. The molecular formula is C13H20N4S. The second kappa shape index (κ2) is 5.63. The summed E-state index contributed by atoms with van der Waals surface area (Å²) < 4.78 is 0. The maximum absolute atomic E-state index is 4.35. The lowest BCUT2D eigenvalue weighted by molar-refractivity contribution is 0.602. The Morgan fingerprint density at radius 1 is 1.22 bits per heavy atom. The number of hydrogen-bond acceptors (Lipinski definition) is 5. The number of fused-ring (bicyclic) bond motifs is 1. The zero-order valence-electron chi connectivity index (χ0n) is 11.4. The summed E-state index contributed by atoms with van der Waals surface area (Å²) in [5, 5.41) is 7.94. The molecule has 0 fully saturated rings. The normalized spacial score (nSPS) is 11.4. The molecule has 2 heterocycles. The Hall–Kier alpha value is -1.20. The van der Waals surface area contributed by atoms with Gasteiger partial charge in [-0.3, -0.25) is 0 Å².